The van der Waals surface area contributed by atoms with Crippen molar-refractivity contribution in [3.05, 3.63) is 6.20 Å². The van der Waals surface area contributed by atoms with Gasteiger partial charge in [-0.2, -0.15) is 0 Å². The zero-order valence-electron chi connectivity index (χ0n) is 8.63. The van der Waals surface area contributed by atoms with Crippen molar-refractivity contribution in [2.24, 2.45) is 0 Å². The molecule has 1 N–H and O–H groups in total. The van der Waals surface area contributed by atoms with Gasteiger partial charge in [-0.15, -0.1) is 11.8 Å². The summed E-state index contributed by atoms with van der Waals surface area (Å²) in [5.41, 5.74) is 0. The molecular weight excluding hydrogens is 247 g/mol. The average molecular weight is 257 g/mol. The number of ether oxygens (including phenoxy) is 1. The van der Waals surface area contributed by atoms with Crippen LogP contribution in [0.4, 0.5) is 5.13 Å². The van der Waals surface area contributed by atoms with Gasteiger partial charge in [-0.3, -0.25) is 4.79 Å². The Morgan fingerprint density at radius 1 is 1.81 bits per heavy atom. The van der Waals surface area contributed by atoms with Crippen molar-refractivity contribution in [2.75, 3.05) is 18.1 Å². The topological polar surface area (TPSA) is 68.3 Å². The molecule has 5 nitrogen and oxygen atoms in total. The van der Waals surface area contributed by atoms with Crippen molar-refractivity contribution < 1.29 is 14.3 Å². The lowest BCUT2D eigenvalue weighted by Crippen LogP contribution is -2.06. The second-order valence-electron chi connectivity index (χ2n) is 2.61. The normalized spacial score (nSPS) is 9.56. The molecule has 1 aromatic rings. The fraction of sp³-hybridized carbons (Fsp3) is 0.375. The van der Waals surface area contributed by atoms with Gasteiger partial charge >= 0.3 is 13.4 Å². The standard InChI is InChI=1S/C8H10BN2O3S2/c1-14-6(13)2-3-15-7-4-10-8(16-7)11-9-5-12/h4-5H,2-3H2,1H3,(H,10,11). The maximum Gasteiger partial charge on any atom is 0.328 e. The molecule has 0 aromatic carbocycles. The highest BCUT2D eigenvalue weighted by Crippen LogP contribution is 2.28. The van der Waals surface area contributed by atoms with Crippen LogP contribution in [0.1, 0.15) is 6.42 Å². The van der Waals surface area contributed by atoms with Gasteiger partial charge in [-0.25, -0.2) is 4.98 Å². The van der Waals surface area contributed by atoms with Crippen molar-refractivity contribution in [1.82, 2.24) is 4.98 Å². The highest BCUT2D eigenvalue weighted by Gasteiger charge is 2.04. The Balaban J connectivity index is 2.29. The molecule has 0 aliphatic heterocycles. The van der Waals surface area contributed by atoms with Crippen molar-refractivity contribution in [3.63, 3.8) is 0 Å². The highest BCUT2D eigenvalue weighted by atomic mass is 32.2. The van der Waals surface area contributed by atoms with E-state index in [-0.39, 0.29) is 5.97 Å². The Morgan fingerprint density at radius 2 is 2.62 bits per heavy atom. The minimum Gasteiger partial charge on any atom is -0.469 e. The predicted molar refractivity (Wildman–Crippen MR) is 65.6 cm³/mol. The molecule has 1 heterocycles. The van der Waals surface area contributed by atoms with Crippen molar-refractivity contribution in [2.45, 2.75) is 10.6 Å². The van der Waals surface area contributed by atoms with Gasteiger partial charge in [-0.1, -0.05) is 11.3 Å². The molecule has 0 fully saturated rings. The van der Waals surface area contributed by atoms with Crippen LogP contribution in [0, 0.1) is 0 Å². The molecule has 0 unspecified atom stereocenters. The van der Waals surface area contributed by atoms with Gasteiger partial charge in [-0.05, 0) is 0 Å². The first kappa shape index (κ1) is 13.1. The molecular formula is C8H10BN2O3S2. The number of nitrogens with one attached hydrogen (secondary N) is 1. The first-order chi connectivity index (χ1) is 7.76. The van der Waals surface area contributed by atoms with Gasteiger partial charge in [0.2, 0.25) is 0 Å². The van der Waals surface area contributed by atoms with Crippen LogP contribution in [0.25, 0.3) is 0 Å². The largest absolute Gasteiger partial charge is 0.469 e. The molecule has 0 aliphatic carbocycles. The Kier molecular flexibility index (Phi) is 5.95. The second-order valence-corrected chi connectivity index (χ2v) is 5.03. The first-order valence-corrected chi connectivity index (χ1v) is 6.25. The Morgan fingerprint density at radius 3 is 3.31 bits per heavy atom. The predicted octanol–water partition coefficient (Wildman–Crippen LogP) is 1.02. The molecule has 0 bridgehead atoms. The van der Waals surface area contributed by atoms with E-state index < -0.39 is 0 Å². The summed E-state index contributed by atoms with van der Waals surface area (Å²) < 4.78 is 5.52. The summed E-state index contributed by atoms with van der Waals surface area (Å²) in [4.78, 5) is 25.0. The van der Waals surface area contributed by atoms with Gasteiger partial charge in [0, 0.05) is 5.75 Å². The van der Waals surface area contributed by atoms with Crippen LogP contribution < -0.4 is 5.23 Å². The van der Waals surface area contributed by atoms with Crippen LogP contribution in [-0.4, -0.2) is 37.4 Å². The van der Waals surface area contributed by atoms with Gasteiger partial charge in [0.1, 0.15) is 6.19 Å². The summed E-state index contributed by atoms with van der Waals surface area (Å²) >= 11 is 2.96. The van der Waals surface area contributed by atoms with E-state index in [1.54, 1.807) is 6.20 Å². The van der Waals surface area contributed by atoms with E-state index in [1.165, 1.54) is 37.6 Å². The highest BCUT2D eigenvalue weighted by molar-refractivity contribution is 8.01. The summed E-state index contributed by atoms with van der Waals surface area (Å²) in [5.74, 6) is 0.441. The number of thiazole rings is 1. The molecule has 1 radical (unpaired) electrons. The summed E-state index contributed by atoms with van der Waals surface area (Å²) in [6, 6.07) is 0. The molecule has 0 atom stereocenters. The van der Waals surface area contributed by atoms with Crippen molar-refractivity contribution >= 4 is 47.8 Å². The molecule has 1 aromatic heterocycles. The third kappa shape index (κ3) is 4.67. The number of carbonyl (C=O) groups is 2. The molecule has 0 aliphatic rings. The second kappa shape index (κ2) is 7.29. The number of thioether (sulfide) groups is 1. The average Bonchev–Trinajstić information content (AvgIpc) is 2.74. The summed E-state index contributed by atoms with van der Waals surface area (Å²) in [6.07, 6.45) is 2.74. The number of hydrogen-bond acceptors (Lipinski definition) is 7. The van der Waals surface area contributed by atoms with Crippen molar-refractivity contribution in [1.29, 1.82) is 0 Å². The third-order valence-corrected chi connectivity index (χ3v) is 3.66. The minimum atomic E-state index is -0.218. The molecule has 1 rings (SSSR count). The number of esters is 1. The number of carbonyl (C=O) groups excluding carboxylic acids is 2. The zero-order chi connectivity index (χ0) is 11.8. The smallest absolute Gasteiger partial charge is 0.328 e. The fourth-order valence-corrected chi connectivity index (χ4v) is 2.68. The molecule has 85 valence electrons. The third-order valence-electron chi connectivity index (χ3n) is 1.54. The minimum absolute atomic E-state index is 0.218. The summed E-state index contributed by atoms with van der Waals surface area (Å²) in [6.45, 7) is 0. The maximum atomic E-state index is 10.8. The lowest BCUT2D eigenvalue weighted by Gasteiger charge is -1.97. The monoisotopic (exact) mass is 257 g/mol. The SMILES string of the molecule is COC(=O)CCSc1cnc(N[B]C=O)s1. The Hall–Kier alpha value is -1.02. The molecule has 8 heteroatoms. The number of methoxy groups -OCH3 is 1. The number of rotatable bonds is 7. The Labute approximate surface area is 102 Å². The van der Waals surface area contributed by atoms with Gasteiger partial charge in [0.25, 0.3) is 0 Å². The zero-order valence-corrected chi connectivity index (χ0v) is 10.3. The van der Waals surface area contributed by atoms with Gasteiger partial charge in [0.05, 0.1) is 23.9 Å². The van der Waals surface area contributed by atoms with E-state index >= 15 is 0 Å². The van der Waals surface area contributed by atoms with Gasteiger partial charge < -0.3 is 14.8 Å². The maximum absolute atomic E-state index is 10.8. The number of aromatic nitrogens is 1. The van der Waals surface area contributed by atoms with Crippen LogP contribution in [0.15, 0.2) is 10.4 Å². The lowest BCUT2D eigenvalue weighted by molar-refractivity contribution is -0.140. The quantitative estimate of drug-likeness (QED) is 0.340. The van der Waals surface area contributed by atoms with Gasteiger partial charge in [0.15, 0.2) is 5.13 Å². The van der Waals surface area contributed by atoms with Crippen molar-refractivity contribution in [3.8, 4) is 0 Å². The van der Waals surface area contributed by atoms with E-state index in [0.717, 1.165) is 4.21 Å². The molecule has 0 saturated heterocycles. The van der Waals surface area contributed by atoms with E-state index in [1.807, 2.05) is 0 Å². The van der Waals surface area contributed by atoms with E-state index in [0.29, 0.717) is 23.5 Å². The lowest BCUT2D eigenvalue weighted by atomic mass is 10.0. The fourth-order valence-electron chi connectivity index (χ4n) is 0.835. The Bertz CT molecular complexity index is 359. The molecule has 16 heavy (non-hydrogen) atoms. The summed E-state index contributed by atoms with van der Waals surface area (Å²) in [5, 5.41) is 3.39. The molecule has 0 saturated carbocycles. The molecule has 0 amide bonds. The number of hydrogen-bond donors (Lipinski definition) is 1. The van der Waals surface area contributed by atoms with E-state index in [4.69, 9.17) is 0 Å². The summed E-state index contributed by atoms with van der Waals surface area (Å²) in [7, 11) is 2.65. The van der Waals surface area contributed by atoms with E-state index in [2.05, 4.69) is 14.9 Å². The van der Waals surface area contributed by atoms with Crippen LogP contribution in [0.3, 0.4) is 0 Å². The first-order valence-electron chi connectivity index (χ1n) is 4.45. The molecule has 0 spiro atoms. The van der Waals surface area contributed by atoms with Crippen LogP contribution in [0.5, 0.6) is 0 Å². The van der Waals surface area contributed by atoms with Crippen LogP contribution in [0.2, 0.25) is 0 Å². The van der Waals surface area contributed by atoms with Crippen LogP contribution in [-0.2, 0) is 14.3 Å². The number of nitrogens with zero attached hydrogens (tertiary/aromatic N) is 1. The van der Waals surface area contributed by atoms with E-state index in [9.17, 15) is 9.59 Å². The van der Waals surface area contributed by atoms with Crippen LogP contribution >= 0.6 is 23.1 Å². The number of anilines is 1.